The summed E-state index contributed by atoms with van der Waals surface area (Å²) in [6.07, 6.45) is 4.40. The number of aliphatic imine (C=N–C) groups is 4. The first-order valence-electron chi connectivity index (χ1n) is 41.0. The molecule has 6 aromatic carbocycles. The molecule has 0 aliphatic carbocycles. The molecule has 7 heterocycles. The second-order valence-electron chi connectivity index (χ2n) is 29.2. The summed E-state index contributed by atoms with van der Waals surface area (Å²) in [5.74, 6) is -3.47. The Morgan fingerprint density at radius 2 is 0.992 bits per heavy atom. The van der Waals surface area contributed by atoms with Crippen LogP contribution in [-0.2, 0) is 103 Å². The number of carbonyl (C=O) groups is 12. The van der Waals surface area contributed by atoms with Gasteiger partial charge in [0.2, 0.25) is 0 Å². The monoisotopic (exact) mass is 1810 g/mol. The topological polar surface area (TPSA) is 433 Å². The van der Waals surface area contributed by atoms with Gasteiger partial charge in [0.25, 0.3) is 5.69 Å². The minimum atomic E-state index is -1.07. The number of aldehydes is 1. The Kier molecular flexibility index (Phi) is 41.9. The maximum absolute atomic E-state index is 12.6. The number of ether oxygens (including phenoxy) is 5. The molecule has 6 aliphatic rings. The van der Waals surface area contributed by atoms with Crippen LogP contribution in [0.2, 0.25) is 0 Å². The number of aromatic nitrogens is 1. The van der Waals surface area contributed by atoms with Crippen LogP contribution in [0.25, 0.3) is 0 Å². The minimum Gasteiger partial charge on any atom is -0.468 e. The molecular weight excluding hydrogens is 1710 g/mol. The van der Waals surface area contributed by atoms with E-state index >= 15 is 0 Å². The molecule has 0 amide bonds. The molecule has 5 N–H and O–H groups in total. The van der Waals surface area contributed by atoms with Gasteiger partial charge in [-0.3, -0.25) is 89.1 Å². The second kappa shape index (κ2) is 52.6. The van der Waals surface area contributed by atoms with Crippen LogP contribution in [0.15, 0.2) is 147 Å². The third-order valence-corrected chi connectivity index (χ3v) is 20.5. The van der Waals surface area contributed by atoms with E-state index in [1.807, 2.05) is 31.2 Å². The first-order chi connectivity index (χ1) is 62.5. The number of anilines is 3. The van der Waals surface area contributed by atoms with Crippen molar-refractivity contribution in [2.24, 2.45) is 25.7 Å². The van der Waals surface area contributed by atoms with Crippen LogP contribution in [0.4, 0.5) is 76.2 Å². The number of nitro benzene ring substituents is 1. The van der Waals surface area contributed by atoms with Crippen molar-refractivity contribution in [2.75, 3.05) is 124 Å². The van der Waals surface area contributed by atoms with Crippen molar-refractivity contribution >= 4 is 139 Å². The molecule has 3 atom stereocenters. The predicted molar refractivity (Wildman–Crippen MR) is 470 cm³/mol. The summed E-state index contributed by atoms with van der Waals surface area (Å²) in [4.78, 5) is 173. The number of aliphatic hydroxyl groups is 1. The summed E-state index contributed by atoms with van der Waals surface area (Å²) in [5.41, 5.74) is 18.1. The van der Waals surface area contributed by atoms with E-state index in [1.54, 1.807) is 79.0 Å². The summed E-state index contributed by atoms with van der Waals surface area (Å²) in [6.45, 7) is 2.02. The van der Waals surface area contributed by atoms with E-state index in [0.29, 0.717) is 69.3 Å². The van der Waals surface area contributed by atoms with Gasteiger partial charge in [-0.15, -0.1) is 0 Å². The number of aliphatic hydroxyl groups excluding tert-OH is 1. The predicted octanol–water partition coefficient (Wildman–Crippen LogP) is 12.7. The summed E-state index contributed by atoms with van der Waals surface area (Å²) in [5, 5.41) is 25.6. The van der Waals surface area contributed by atoms with E-state index < -0.39 is 105 Å². The molecule has 13 rings (SSSR count). The number of ketones is 6. The highest BCUT2D eigenvalue weighted by Crippen LogP contribution is 2.34. The molecule has 1 aromatic heterocycles. The van der Waals surface area contributed by atoms with E-state index in [1.165, 1.54) is 33.5 Å². The Bertz CT molecular complexity index is 5370. The van der Waals surface area contributed by atoms with Gasteiger partial charge < -0.3 is 50.1 Å². The molecule has 7 aromatic rings. The van der Waals surface area contributed by atoms with E-state index in [-0.39, 0.29) is 135 Å². The Morgan fingerprint density at radius 1 is 0.538 bits per heavy atom. The number of alkyl halides is 7. The van der Waals surface area contributed by atoms with Crippen LogP contribution >= 0.6 is 0 Å². The lowest BCUT2D eigenvalue weighted by atomic mass is 9.94. The van der Waals surface area contributed by atoms with Crippen LogP contribution in [0.1, 0.15) is 149 Å². The highest BCUT2D eigenvalue weighted by Gasteiger charge is 2.31. The smallest absolute Gasteiger partial charge is 0.338 e. The molecule has 1 saturated heterocycles. The molecule has 31 nitrogen and oxygen atoms in total. The number of esters is 5. The Balaban J connectivity index is 0.000000213. The van der Waals surface area contributed by atoms with E-state index in [9.17, 15) is 98.4 Å². The van der Waals surface area contributed by atoms with Crippen molar-refractivity contribution in [1.29, 1.82) is 0 Å². The SMILES string of the molecule is CCC(=O)c1ccc(N2CCN(Cc3ccc4c(c3)CC(=O)C(CCF)=N4)CC2)cn1.COC(=O)C(N)CCF.COC(=O)c1ccc(NC(CCF)C(=O)OC)c([N+](=O)[O-])c1.COC(=O)c1ccc2c(c1)CC(=O)C(CCF)=N2.COC(=O)c1ccc2c(c1)CC(=O)C(CCF)N2.O=C1Cc2cc(CO)ccc2N=C1CCF.O=Cc1ccc2c(c1)CC(=O)C(CCF)=N2. The maximum atomic E-state index is 12.6. The Hall–Kier alpha value is -13.6. The van der Waals surface area contributed by atoms with Crippen LogP contribution in [0, 0.1) is 10.1 Å². The van der Waals surface area contributed by atoms with Gasteiger partial charge in [-0.2, -0.15) is 0 Å². The van der Waals surface area contributed by atoms with Crippen LogP contribution in [0.5, 0.6) is 0 Å². The number of pyridine rings is 1. The first kappa shape index (κ1) is 103. The molecular formula is C92H100F7N11O20. The molecule has 0 saturated carbocycles. The summed E-state index contributed by atoms with van der Waals surface area (Å²) < 4.78 is 108. The highest BCUT2D eigenvalue weighted by atomic mass is 19.1. The molecule has 692 valence electrons. The molecule has 3 unspecified atom stereocenters. The Labute approximate surface area is 743 Å². The van der Waals surface area contributed by atoms with Crippen LogP contribution in [0.3, 0.4) is 0 Å². The van der Waals surface area contributed by atoms with Gasteiger partial charge in [0.05, 0.1) is 174 Å². The third kappa shape index (κ3) is 30.0. The van der Waals surface area contributed by atoms with Gasteiger partial charge in [-0.05, 0) is 130 Å². The number of Topliss-reactive ketones (excluding diaryl/α,β-unsaturated/α-hetero) is 6. The number of hydrogen-bond acceptors (Lipinski definition) is 30. The van der Waals surface area contributed by atoms with Gasteiger partial charge in [0, 0.05) is 134 Å². The van der Waals surface area contributed by atoms with Crippen molar-refractivity contribution in [2.45, 2.75) is 122 Å². The number of rotatable bonds is 29. The van der Waals surface area contributed by atoms with Gasteiger partial charge in [-0.1, -0.05) is 31.2 Å². The fraction of sp³-hybridized carbons (Fsp3) is 0.380. The van der Waals surface area contributed by atoms with Crippen molar-refractivity contribution in [1.82, 2.24) is 9.88 Å². The number of nitro groups is 1. The molecule has 0 bridgehead atoms. The second-order valence-corrected chi connectivity index (χ2v) is 29.2. The zero-order valence-corrected chi connectivity index (χ0v) is 72.3. The fourth-order valence-corrected chi connectivity index (χ4v) is 13.6. The zero-order chi connectivity index (χ0) is 95.1. The number of methoxy groups -OCH3 is 5. The highest BCUT2D eigenvalue weighted by molar-refractivity contribution is 6.43. The molecule has 1 fully saturated rings. The van der Waals surface area contributed by atoms with Crippen molar-refractivity contribution in [3.8, 4) is 0 Å². The number of piperazine rings is 1. The van der Waals surface area contributed by atoms with Gasteiger partial charge >= 0.3 is 29.8 Å². The summed E-state index contributed by atoms with van der Waals surface area (Å²) in [7, 11) is 6.10. The minimum absolute atomic E-state index is 0.0140. The molecule has 38 heteroatoms. The molecule has 6 aliphatic heterocycles. The first-order valence-corrected chi connectivity index (χ1v) is 41.0. The summed E-state index contributed by atoms with van der Waals surface area (Å²) >= 11 is 0. The van der Waals surface area contributed by atoms with Gasteiger partial charge in [0.1, 0.15) is 29.8 Å². The number of nitrogens with zero attached hydrogens (tertiary/aromatic N) is 8. The zero-order valence-electron chi connectivity index (χ0n) is 72.3. The number of hydrogen-bond donors (Lipinski definition) is 4. The van der Waals surface area contributed by atoms with E-state index in [2.05, 4.69) is 75.1 Å². The molecule has 130 heavy (non-hydrogen) atoms. The average Bonchev–Trinajstić information content (AvgIpc) is 0.813. The van der Waals surface area contributed by atoms with Gasteiger partial charge in [0.15, 0.2) is 34.7 Å². The lowest BCUT2D eigenvalue weighted by Gasteiger charge is -2.36. The maximum Gasteiger partial charge on any atom is 0.338 e. The van der Waals surface area contributed by atoms with Gasteiger partial charge in [-0.25, -0.2) is 39.1 Å². The number of benzene rings is 6. The third-order valence-electron chi connectivity index (χ3n) is 20.5. The molecule has 0 spiro atoms. The van der Waals surface area contributed by atoms with Crippen molar-refractivity contribution in [3.63, 3.8) is 0 Å². The standard InChI is InChI=1S/C24H27FN4O2.C13H15FN2O6.C13H14FNO3.C13H12FNO3.C12H12FNO2.C12H10FNO2.C5H10FNO2/c1-2-23(30)21-6-4-19(15-26-21)29-11-9-28(10-12-29)16-17-3-5-20-18(13-17)14-24(31)22(27-20)7-8-25;1-21-12(17)8-3-4-9(11(7-8)16(19)20)15-10(5-6-14)13(18)22-2;2*1-18-13(17)8-2-3-10-9(6-8)7-12(16)11(15-10)4-5-14;2*13-4-3-11-12(16)6-9-5-8(7-15)1-2-10(9)14-11;1-9-5(8)4(7)2-3-6/h3-6,13,15H,2,7-12,14,16H2,1H3;3-4,7,10,15H,5-6H2,1-2H3;2-3,6,11,15H,4-5,7H2,1H3;2-3,6H,4-5,7H2,1H3;1-2,5,15H,3-4,6-7H2;1-2,5,7H,3-4,6H2;4H,2-3,7H2,1H3. The van der Waals surface area contributed by atoms with Crippen molar-refractivity contribution < 1.29 is 122 Å². The number of fused-ring (bicyclic) bond motifs is 5. The molecule has 0 radical (unpaired) electrons. The fourth-order valence-electron chi connectivity index (χ4n) is 13.6. The van der Waals surface area contributed by atoms with Crippen molar-refractivity contribution in [3.05, 3.63) is 205 Å². The Morgan fingerprint density at radius 3 is 1.44 bits per heavy atom. The largest absolute Gasteiger partial charge is 0.468 e. The number of nitrogens with one attached hydrogen (secondary N) is 2. The van der Waals surface area contributed by atoms with E-state index in [0.717, 1.165) is 110 Å². The van der Waals surface area contributed by atoms with Crippen LogP contribution < -0.4 is 21.3 Å². The lowest BCUT2D eigenvalue weighted by Crippen LogP contribution is -2.46. The summed E-state index contributed by atoms with van der Waals surface area (Å²) in [6, 6.07) is 31.1. The van der Waals surface area contributed by atoms with Crippen LogP contribution in [-0.4, -0.2) is 240 Å². The number of nitrogens with two attached hydrogens (primary N) is 1. The average molecular weight is 1810 g/mol. The number of carbonyl (C=O) groups excluding carboxylic acids is 12. The normalized spacial score (nSPS) is 14.8. The van der Waals surface area contributed by atoms with E-state index in [4.69, 9.17) is 10.8 Å². The number of halogens is 7. The quantitative estimate of drug-likeness (QED) is 0.00643. The lowest BCUT2D eigenvalue weighted by molar-refractivity contribution is -0.384.